The molecule has 0 saturated carbocycles. The summed E-state index contributed by atoms with van der Waals surface area (Å²) in [6.07, 6.45) is 0.698. The van der Waals surface area contributed by atoms with E-state index in [1.807, 2.05) is 35.2 Å². The van der Waals surface area contributed by atoms with Crippen molar-refractivity contribution in [2.24, 2.45) is 0 Å². The molecule has 104 valence electrons. The number of thiol groups is 1. The second-order valence-electron chi connectivity index (χ2n) is 5.32. The van der Waals surface area contributed by atoms with Crippen LogP contribution >= 0.6 is 12.6 Å². The number of carbonyl (C=O) groups excluding carboxylic acids is 1. The fourth-order valence-electron chi connectivity index (χ4n) is 2.38. The zero-order valence-corrected chi connectivity index (χ0v) is 12.5. The van der Waals surface area contributed by atoms with E-state index in [1.165, 1.54) is 0 Å². The van der Waals surface area contributed by atoms with Crippen LogP contribution in [0.15, 0.2) is 30.3 Å². The molecule has 1 saturated heterocycles. The third-order valence-corrected chi connectivity index (χ3v) is 4.23. The zero-order chi connectivity index (χ0) is 13.8. The first-order valence-corrected chi connectivity index (χ1v) is 7.30. The maximum absolute atomic E-state index is 12.4. The molecule has 0 bridgehead atoms. The summed E-state index contributed by atoms with van der Waals surface area (Å²) in [5.41, 5.74) is 1.16. The van der Waals surface area contributed by atoms with Crippen LogP contribution in [0.3, 0.4) is 0 Å². The van der Waals surface area contributed by atoms with Crippen LogP contribution in [-0.4, -0.2) is 53.7 Å². The molecule has 1 aliphatic heterocycles. The highest BCUT2D eigenvalue weighted by atomic mass is 32.1. The maximum atomic E-state index is 12.4. The Morgan fingerprint density at radius 3 is 2.68 bits per heavy atom. The lowest BCUT2D eigenvalue weighted by atomic mass is 10.1. The highest BCUT2D eigenvalue weighted by Crippen LogP contribution is 2.14. The fraction of sp³-hybridized carbons (Fsp3) is 0.533. The van der Waals surface area contributed by atoms with Gasteiger partial charge in [-0.25, -0.2) is 0 Å². The molecule has 1 aromatic rings. The summed E-state index contributed by atoms with van der Waals surface area (Å²) >= 11 is 4.49. The monoisotopic (exact) mass is 278 g/mol. The average Bonchev–Trinajstić information content (AvgIpc) is 2.42. The molecule has 1 fully saturated rings. The van der Waals surface area contributed by atoms with Crippen molar-refractivity contribution in [3.05, 3.63) is 35.9 Å². The van der Waals surface area contributed by atoms with E-state index in [-0.39, 0.29) is 11.2 Å². The Morgan fingerprint density at radius 1 is 1.37 bits per heavy atom. The van der Waals surface area contributed by atoms with E-state index < -0.39 is 0 Å². The van der Waals surface area contributed by atoms with Gasteiger partial charge in [-0.15, -0.1) is 0 Å². The van der Waals surface area contributed by atoms with Crippen LogP contribution in [0.1, 0.15) is 12.5 Å². The number of likely N-dealkylation sites (N-methyl/N-ethyl adjacent to an activating group) is 1. The molecule has 0 aliphatic carbocycles. The number of carbonyl (C=O) groups is 1. The topological polar surface area (TPSA) is 23.6 Å². The van der Waals surface area contributed by atoms with Crippen LogP contribution in [0.4, 0.5) is 0 Å². The Morgan fingerprint density at radius 2 is 2.05 bits per heavy atom. The van der Waals surface area contributed by atoms with Crippen molar-refractivity contribution in [2.75, 3.05) is 26.7 Å². The number of amides is 1. The smallest absolute Gasteiger partial charge is 0.235 e. The van der Waals surface area contributed by atoms with E-state index in [1.54, 1.807) is 0 Å². The van der Waals surface area contributed by atoms with Gasteiger partial charge in [-0.3, -0.25) is 4.79 Å². The highest BCUT2D eigenvalue weighted by Gasteiger charge is 2.27. The summed E-state index contributed by atoms with van der Waals surface area (Å²) in [6.45, 7) is 4.72. The summed E-state index contributed by atoms with van der Waals surface area (Å²) in [6, 6.07) is 10.5. The summed E-state index contributed by atoms with van der Waals surface area (Å²) in [5.74, 6) is 0.159. The van der Waals surface area contributed by atoms with Crippen molar-refractivity contribution in [1.82, 2.24) is 9.80 Å². The van der Waals surface area contributed by atoms with Crippen molar-refractivity contribution in [3.8, 4) is 0 Å². The first-order valence-electron chi connectivity index (χ1n) is 6.79. The van der Waals surface area contributed by atoms with E-state index in [0.717, 1.165) is 25.2 Å². The van der Waals surface area contributed by atoms with Gasteiger partial charge in [0, 0.05) is 25.7 Å². The average molecular weight is 278 g/mol. The summed E-state index contributed by atoms with van der Waals surface area (Å²) in [4.78, 5) is 16.6. The van der Waals surface area contributed by atoms with Gasteiger partial charge in [0.2, 0.25) is 5.91 Å². The van der Waals surface area contributed by atoms with Gasteiger partial charge in [-0.2, -0.15) is 12.6 Å². The first kappa shape index (κ1) is 14.4. The molecule has 3 nitrogen and oxygen atoms in total. The van der Waals surface area contributed by atoms with Crippen molar-refractivity contribution >= 4 is 18.5 Å². The first-order chi connectivity index (χ1) is 9.08. The van der Waals surface area contributed by atoms with Gasteiger partial charge in [-0.1, -0.05) is 30.3 Å². The van der Waals surface area contributed by atoms with Crippen LogP contribution in [-0.2, 0) is 11.2 Å². The Bertz CT molecular complexity index is 423. The number of nitrogens with zero attached hydrogens (tertiary/aromatic N) is 2. The van der Waals surface area contributed by atoms with Gasteiger partial charge in [0.25, 0.3) is 0 Å². The molecule has 0 radical (unpaired) electrons. The van der Waals surface area contributed by atoms with Crippen LogP contribution in [0.2, 0.25) is 0 Å². The number of hydrogen-bond acceptors (Lipinski definition) is 3. The third kappa shape index (κ3) is 3.74. The maximum Gasteiger partial charge on any atom is 0.235 e. The van der Waals surface area contributed by atoms with Crippen LogP contribution in [0.25, 0.3) is 0 Å². The molecule has 1 aromatic carbocycles. The van der Waals surface area contributed by atoms with Crippen molar-refractivity contribution in [1.29, 1.82) is 0 Å². The van der Waals surface area contributed by atoms with E-state index in [9.17, 15) is 4.79 Å². The minimum Gasteiger partial charge on any atom is -0.339 e. The standard InChI is InChI=1S/C15H22N2OS/c1-12-11-17(9-8-16(12)2)15(18)14(19)10-13-6-4-3-5-7-13/h3-7,12,14,19H,8-11H2,1-2H3. The lowest BCUT2D eigenvalue weighted by Gasteiger charge is -2.38. The van der Waals surface area contributed by atoms with Gasteiger partial charge in [0.1, 0.15) is 0 Å². The van der Waals surface area contributed by atoms with Gasteiger partial charge in [-0.05, 0) is 26.0 Å². The summed E-state index contributed by atoms with van der Waals surface area (Å²) < 4.78 is 0. The molecule has 2 rings (SSSR count). The molecular weight excluding hydrogens is 256 g/mol. The number of benzene rings is 1. The molecule has 2 unspecified atom stereocenters. The SMILES string of the molecule is CC1CN(C(=O)C(S)Cc2ccccc2)CCN1C. The Hall–Kier alpha value is -1.00. The lowest BCUT2D eigenvalue weighted by Crippen LogP contribution is -2.53. The van der Waals surface area contributed by atoms with Crippen LogP contribution < -0.4 is 0 Å². The van der Waals surface area contributed by atoms with E-state index >= 15 is 0 Å². The minimum atomic E-state index is -0.238. The fourth-order valence-corrected chi connectivity index (χ4v) is 2.76. The molecule has 1 aliphatic rings. The van der Waals surface area contributed by atoms with Gasteiger partial charge in [0.05, 0.1) is 5.25 Å². The molecule has 1 heterocycles. The van der Waals surface area contributed by atoms with Crippen molar-refractivity contribution < 1.29 is 4.79 Å². The molecule has 0 N–H and O–H groups in total. The normalized spacial score (nSPS) is 22.3. The number of piperazine rings is 1. The van der Waals surface area contributed by atoms with Crippen molar-refractivity contribution in [3.63, 3.8) is 0 Å². The number of rotatable bonds is 3. The molecule has 19 heavy (non-hydrogen) atoms. The number of hydrogen-bond donors (Lipinski definition) is 1. The van der Waals surface area contributed by atoms with E-state index in [0.29, 0.717) is 12.5 Å². The summed E-state index contributed by atoms with van der Waals surface area (Å²) in [7, 11) is 2.11. The van der Waals surface area contributed by atoms with Crippen molar-refractivity contribution in [2.45, 2.75) is 24.6 Å². The van der Waals surface area contributed by atoms with E-state index in [4.69, 9.17) is 0 Å². The van der Waals surface area contributed by atoms with Crippen LogP contribution in [0.5, 0.6) is 0 Å². The third-order valence-electron chi connectivity index (χ3n) is 3.83. The van der Waals surface area contributed by atoms with Gasteiger partial charge >= 0.3 is 0 Å². The second-order valence-corrected chi connectivity index (χ2v) is 5.94. The van der Waals surface area contributed by atoms with Crippen LogP contribution in [0, 0.1) is 0 Å². The lowest BCUT2D eigenvalue weighted by molar-refractivity contribution is -0.133. The Labute approximate surface area is 121 Å². The Balaban J connectivity index is 1.92. The second kappa shape index (κ2) is 6.44. The predicted octanol–water partition coefficient (Wildman–Crippen LogP) is 1.69. The van der Waals surface area contributed by atoms with Gasteiger partial charge in [0.15, 0.2) is 0 Å². The molecule has 0 spiro atoms. The molecule has 1 amide bonds. The molecular formula is C15H22N2OS. The van der Waals surface area contributed by atoms with Gasteiger partial charge < -0.3 is 9.80 Å². The molecule has 2 atom stereocenters. The quantitative estimate of drug-likeness (QED) is 0.851. The Kier molecular flexibility index (Phi) is 4.88. The molecule has 0 aromatic heterocycles. The zero-order valence-electron chi connectivity index (χ0n) is 11.6. The minimum absolute atomic E-state index is 0.159. The van der Waals surface area contributed by atoms with E-state index in [2.05, 4.69) is 31.5 Å². The predicted molar refractivity (Wildman–Crippen MR) is 81.6 cm³/mol. The largest absolute Gasteiger partial charge is 0.339 e. The summed E-state index contributed by atoms with van der Waals surface area (Å²) in [5, 5.41) is -0.238. The highest BCUT2D eigenvalue weighted by molar-refractivity contribution is 7.81. The molecule has 4 heteroatoms.